The zero-order valence-electron chi connectivity index (χ0n) is 37.2. The first-order valence-electron chi connectivity index (χ1n) is 23.3. The van der Waals surface area contributed by atoms with Gasteiger partial charge in [-0.2, -0.15) is 0 Å². The van der Waals surface area contributed by atoms with E-state index in [-0.39, 0.29) is 19.4 Å². The Morgan fingerprint density at radius 3 is 1.54 bits per heavy atom. The van der Waals surface area contributed by atoms with Gasteiger partial charge in [0.15, 0.2) is 6.10 Å². The fourth-order valence-corrected chi connectivity index (χ4v) is 6.73. The summed E-state index contributed by atoms with van der Waals surface area (Å²) < 4.78 is 26.4. The van der Waals surface area contributed by atoms with Crippen molar-refractivity contribution in [3.63, 3.8) is 0 Å². The largest absolute Gasteiger partial charge is 0.469 e. The van der Waals surface area contributed by atoms with E-state index in [9.17, 15) is 19.3 Å². The van der Waals surface area contributed by atoms with Gasteiger partial charge in [-0.3, -0.25) is 14.1 Å². The number of unbranched alkanes of at least 4 members (excludes halogenated alkanes) is 20. The van der Waals surface area contributed by atoms with Gasteiger partial charge in [0.25, 0.3) is 0 Å². The van der Waals surface area contributed by atoms with Crippen LogP contribution in [0.4, 0.5) is 0 Å². The van der Waals surface area contributed by atoms with Crippen LogP contribution < -0.4 is 0 Å². The minimum absolute atomic E-state index is 0.0621. The average molecular weight is 849 g/mol. The summed E-state index contributed by atoms with van der Waals surface area (Å²) in [6.07, 6.45) is 53.9. The molecular formula is C49H85O9P. The molecule has 0 saturated carbocycles. The Hall–Kier alpha value is -2.55. The number of hydrogen-bond acceptors (Lipinski definition) is 7. The van der Waals surface area contributed by atoms with Crippen molar-refractivity contribution in [2.75, 3.05) is 13.2 Å². The van der Waals surface area contributed by atoms with Gasteiger partial charge in [-0.1, -0.05) is 215 Å². The van der Waals surface area contributed by atoms with E-state index >= 15 is 0 Å². The summed E-state index contributed by atoms with van der Waals surface area (Å²) in [5.41, 5.74) is 0. The molecule has 0 bridgehead atoms. The van der Waals surface area contributed by atoms with Gasteiger partial charge in [0.2, 0.25) is 0 Å². The number of allylic oxidation sites excluding steroid dienone is 10. The second-order valence-electron chi connectivity index (χ2n) is 15.6. The summed E-state index contributed by atoms with van der Waals surface area (Å²) in [6, 6.07) is 0. The van der Waals surface area contributed by atoms with E-state index in [0.717, 1.165) is 38.5 Å². The van der Waals surface area contributed by atoms with E-state index < -0.39 is 38.6 Å². The van der Waals surface area contributed by atoms with Gasteiger partial charge >= 0.3 is 19.8 Å². The van der Waals surface area contributed by atoms with Gasteiger partial charge in [0.1, 0.15) is 6.61 Å². The van der Waals surface area contributed by atoms with Crippen LogP contribution in [0.15, 0.2) is 72.9 Å². The molecule has 0 aliphatic rings. The van der Waals surface area contributed by atoms with Crippen LogP contribution >= 0.6 is 7.82 Å². The molecule has 340 valence electrons. The summed E-state index contributed by atoms with van der Waals surface area (Å²) in [6.45, 7) is 3.46. The summed E-state index contributed by atoms with van der Waals surface area (Å²) in [5.74, 6) is -1.01. The minimum atomic E-state index is -4.79. The number of rotatable bonds is 42. The predicted octanol–water partition coefficient (Wildman–Crippen LogP) is 13.6. The number of carbonyl (C=O) groups is 2. The van der Waals surface area contributed by atoms with Crippen LogP contribution in [0.25, 0.3) is 0 Å². The van der Waals surface area contributed by atoms with Crippen molar-refractivity contribution < 1.29 is 43.0 Å². The lowest BCUT2D eigenvalue weighted by atomic mass is 10.0. The fraction of sp³-hybridized carbons (Fsp3) is 0.714. The van der Waals surface area contributed by atoms with Gasteiger partial charge in [-0.05, 0) is 44.9 Å². The highest BCUT2D eigenvalue weighted by atomic mass is 31.2. The maximum absolute atomic E-state index is 12.4. The lowest BCUT2D eigenvalue weighted by Crippen LogP contribution is -2.29. The lowest BCUT2D eigenvalue weighted by molar-refractivity contribution is -0.161. The van der Waals surface area contributed by atoms with Crippen molar-refractivity contribution in [1.82, 2.24) is 0 Å². The normalized spacial score (nSPS) is 13.6. The van der Waals surface area contributed by atoms with Crippen LogP contribution in [-0.2, 0) is 28.2 Å². The molecule has 0 spiro atoms. The first kappa shape index (κ1) is 56.5. The number of hydrogen-bond donors (Lipinski definition) is 3. The van der Waals surface area contributed by atoms with E-state index in [0.29, 0.717) is 25.7 Å². The Labute approximate surface area is 360 Å². The summed E-state index contributed by atoms with van der Waals surface area (Å²) >= 11 is 0. The van der Waals surface area contributed by atoms with Gasteiger partial charge < -0.3 is 24.4 Å². The molecule has 0 aromatic carbocycles. The summed E-state index contributed by atoms with van der Waals surface area (Å²) in [4.78, 5) is 42.9. The monoisotopic (exact) mass is 849 g/mol. The average Bonchev–Trinajstić information content (AvgIpc) is 3.20. The smallest absolute Gasteiger partial charge is 0.462 e. The Kier molecular flexibility index (Phi) is 41.7. The zero-order chi connectivity index (χ0) is 43.3. The molecule has 0 radical (unpaired) electrons. The second-order valence-corrected chi connectivity index (χ2v) is 16.8. The van der Waals surface area contributed by atoms with Crippen LogP contribution in [0, 0.1) is 0 Å². The molecular weight excluding hydrogens is 764 g/mol. The lowest BCUT2D eigenvalue weighted by Gasteiger charge is -2.18. The topological polar surface area (TPSA) is 140 Å². The molecule has 0 aliphatic heterocycles. The number of aliphatic hydroxyl groups is 1. The van der Waals surface area contributed by atoms with E-state index in [1.807, 2.05) is 48.6 Å². The summed E-state index contributed by atoms with van der Waals surface area (Å²) in [5, 5.41) is 9.98. The number of phosphoric ester groups is 1. The number of ether oxygens (including phenoxy) is 2. The molecule has 0 aromatic heterocycles. The van der Waals surface area contributed by atoms with E-state index in [2.05, 4.69) is 36.6 Å². The molecule has 9 nitrogen and oxygen atoms in total. The van der Waals surface area contributed by atoms with E-state index in [1.54, 1.807) is 6.08 Å². The van der Waals surface area contributed by atoms with Gasteiger partial charge in [-0.15, -0.1) is 0 Å². The highest BCUT2D eigenvalue weighted by molar-refractivity contribution is 7.46. The number of carbonyl (C=O) groups excluding carboxylic acids is 2. The van der Waals surface area contributed by atoms with Gasteiger partial charge in [0, 0.05) is 12.8 Å². The molecule has 2 atom stereocenters. The van der Waals surface area contributed by atoms with E-state index in [4.69, 9.17) is 19.3 Å². The molecule has 0 heterocycles. The van der Waals surface area contributed by atoms with Crippen molar-refractivity contribution in [3.05, 3.63) is 72.9 Å². The first-order valence-corrected chi connectivity index (χ1v) is 24.9. The molecule has 0 aromatic rings. The highest BCUT2D eigenvalue weighted by Crippen LogP contribution is 2.36. The third kappa shape index (κ3) is 46.4. The maximum Gasteiger partial charge on any atom is 0.469 e. The molecule has 0 aliphatic carbocycles. The number of aliphatic hydroxyl groups excluding tert-OH is 1. The molecule has 1 unspecified atom stereocenters. The molecule has 3 N–H and O–H groups in total. The molecule has 10 heteroatoms. The van der Waals surface area contributed by atoms with Crippen molar-refractivity contribution in [1.29, 1.82) is 0 Å². The van der Waals surface area contributed by atoms with E-state index in [1.165, 1.54) is 109 Å². The van der Waals surface area contributed by atoms with Crippen molar-refractivity contribution in [2.24, 2.45) is 0 Å². The Balaban J connectivity index is 4.01. The zero-order valence-corrected chi connectivity index (χ0v) is 38.1. The van der Waals surface area contributed by atoms with Crippen molar-refractivity contribution in [2.45, 2.75) is 212 Å². The van der Waals surface area contributed by atoms with Crippen LogP contribution in [-0.4, -0.2) is 52.3 Å². The van der Waals surface area contributed by atoms with Crippen LogP contribution in [0.3, 0.4) is 0 Å². The molecule has 0 amide bonds. The quantitative estimate of drug-likeness (QED) is 0.0180. The highest BCUT2D eigenvalue weighted by Gasteiger charge is 2.22. The van der Waals surface area contributed by atoms with Gasteiger partial charge in [0.05, 0.1) is 12.7 Å². The number of phosphoric acid groups is 1. The molecule has 0 rings (SSSR count). The van der Waals surface area contributed by atoms with Crippen molar-refractivity contribution in [3.8, 4) is 0 Å². The Morgan fingerprint density at radius 2 is 1.02 bits per heavy atom. The third-order valence-corrected chi connectivity index (χ3v) is 10.3. The summed E-state index contributed by atoms with van der Waals surface area (Å²) in [7, 11) is -4.79. The second kappa shape index (κ2) is 43.5. The SMILES string of the molecule is CC/C=C\C/C=C\CC(O)/C=C/C=C\C/C=C\C/C=C\CCC(=O)O[C@H](COC(=O)CCCCCCCCCCCCCCCCCCCCCCC)COP(=O)(O)O. The van der Waals surface area contributed by atoms with Crippen LogP contribution in [0.5, 0.6) is 0 Å². The Bertz CT molecular complexity index is 1200. The number of esters is 2. The predicted molar refractivity (Wildman–Crippen MR) is 245 cm³/mol. The molecule has 0 fully saturated rings. The third-order valence-electron chi connectivity index (χ3n) is 9.83. The fourth-order valence-electron chi connectivity index (χ4n) is 6.37. The van der Waals surface area contributed by atoms with Crippen LogP contribution in [0.2, 0.25) is 0 Å². The van der Waals surface area contributed by atoms with Crippen LogP contribution in [0.1, 0.15) is 200 Å². The minimum Gasteiger partial charge on any atom is -0.462 e. The van der Waals surface area contributed by atoms with Gasteiger partial charge in [-0.25, -0.2) is 4.57 Å². The van der Waals surface area contributed by atoms with Crippen molar-refractivity contribution >= 4 is 19.8 Å². The molecule has 59 heavy (non-hydrogen) atoms. The standard InChI is InChI=1S/C49H85O9P/c1-3-5-7-9-11-12-13-14-15-16-17-18-19-20-21-22-23-27-30-34-38-42-48(51)56-44-47(45-57-59(53,54)55)58-49(52)43-39-35-31-28-25-24-26-29-33-37-41-46(50)40-36-32-10-8-6-4-2/h6,8,24-25,29,31-33,35-37,41,46-47,50H,3-5,7,9-23,26-28,30,34,38-40,42-45H2,1-2H3,(H2,53,54,55)/b8-6-,25-24-,33-29-,35-31-,36-32-,41-37+/t46?,47-/m1/s1. The Morgan fingerprint density at radius 1 is 0.542 bits per heavy atom. The molecule has 0 saturated heterocycles. The maximum atomic E-state index is 12.4. The first-order chi connectivity index (χ1) is 28.7.